The largest absolute Gasteiger partial charge is 0.475 e. The number of aliphatic hydroxyl groups is 2. The number of urea groups is 2. The molecule has 3 saturated heterocycles. The number of nitrogens with one attached hydrogen (secondary N) is 2. The Morgan fingerprint density at radius 1 is 0.704 bits per heavy atom. The van der Waals surface area contributed by atoms with Crippen LogP contribution >= 0.6 is 23.2 Å². The molecule has 2 aromatic carbocycles. The van der Waals surface area contributed by atoms with E-state index >= 15 is 0 Å². The first-order valence-corrected chi connectivity index (χ1v) is 26.6. The molecule has 6 aromatic rings. The predicted molar refractivity (Wildman–Crippen MR) is 290 cm³/mol. The molecule has 4 N–H and O–H groups in total. The second-order valence-corrected chi connectivity index (χ2v) is 21.0. The van der Waals surface area contributed by atoms with Crippen LogP contribution in [0.5, 0.6) is 11.8 Å². The highest BCUT2D eigenvalue weighted by atomic mass is 35.5. The Kier molecular flexibility index (Phi) is 16.4. The number of halogens is 8. The molecule has 9 heterocycles. The molecule has 0 spiro atoms. The number of ether oxygens (including phenoxy) is 4. The number of hydrogen-bond donors (Lipinski definition) is 4. The first-order chi connectivity index (χ1) is 38.6. The summed E-state index contributed by atoms with van der Waals surface area (Å²) in [4.78, 5) is 52.6. The number of carbonyl (C=O) groups is 2. The first-order valence-electron chi connectivity index (χ1n) is 25.9. The maximum Gasteiger partial charge on any atom is 0.416 e. The van der Waals surface area contributed by atoms with Crippen LogP contribution in [0.2, 0.25) is 10.0 Å². The van der Waals surface area contributed by atoms with Gasteiger partial charge in [0.05, 0.1) is 69.2 Å². The molecule has 4 bridgehead atoms. The zero-order valence-electron chi connectivity index (χ0n) is 43.5. The van der Waals surface area contributed by atoms with Gasteiger partial charge in [0.25, 0.3) is 0 Å². The number of alkyl halides is 6. The van der Waals surface area contributed by atoms with Crippen LogP contribution < -0.4 is 39.7 Å². The highest BCUT2D eigenvalue weighted by Gasteiger charge is 2.42. The van der Waals surface area contributed by atoms with Crippen molar-refractivity contribution in [2.75, 3.05) is 82.8 Å². The van der Waals surface area contributed by atoms with Gasteiger partial charge in [0.1, 0.15) is 37.1 Å². The molecule has 428 valence electrons. The second kappa shape index (κ2) is 23.3. The highest BCUT2D eigenvalue weighted by Crippen LogP contribution is 2.45. The Morgan fingerprint density at radius 2 is 1.17 bits per heavy atom. The second-order valence-electron chi connectivity index (χ2n) is 20.2. The number of nitrogens with zero attached hydrogens (tertiary/aromatic N) is 8. The smallest absolute Gasteiger partial charge is 0.416 e. The van der Waals surface area contributed by atoms with Gasteiger partial charge in [-0.1, -0.05) is 59.6 Å². The Hall–Kier alpha value is -7.22. The zero-order chi connectivity index (χ0) is 57.4. The van der Waals surface area contributed by atoms with Crippen LogP contribution in [0, 0.1) is 0 Å². The number of hydrogen-bond acceptors (Lipinski definition) is 14. The van der Waals surface area contributed by atoms with Crippen LogP contribution in [0.4, 0.5) is 70.6 Å². The molecule has 26 heteroatoms. The van der Waals surface area contributed by atoms with Gasteiger partial charge < -0.3 is 39.0 Å². The van der Waals surface area contributed by atoms with Crippen LogP contribution in [0.1, 0.15) is 50.7 Å². The summed E-state index contributed by atoms with van der Waals surface area (Å²) in [5, 5.41) is 24.4. The normalized spacial score (nSPS) is 19.4. The molecule has 4 amide bonds. The van der Waals surface area contributed by atoms with Crippen LogP contribution in [0.25, 0.3) is 22.5 Å². The fourth-order valence-electron chi connectivity index (χ4n) is 10.2. The van der Waals surface area contributed by atoms with E-state index in [1.165, 1.54) is 29.2 Å². The quantitative estimate of drug-likeness (QED) is 0.0893. The summed E-state index contributed by atoms with van der Waals surface area (Å²) in [5.74, 6) is 0.847. The first kappa shape index (κ1) is 57.0. The molecule has 0 saturated carbocycles. The van der Waals surface area contributed by atoms with Crippen molar-refractivity contribution < 1.29 is 65.1 Å². The fraction of sp³-hybridized carbons (Fsp3) is 0.382. The van der Waals surface area contributed by atoms with E-state index in [1.54, 1.807) is 53.4 Å². The minimum absolute atomic E-state index is 0.136. The highest BCUT2D eigenvalue weighted by molar-refractivity contribution is 6.34. The lowest BCUT2D eigenvalue weighted by Crippen LogP contribution is -2.56. The Labute approximate surface area is 470 Å². The molecule has 4 atom stereocenters. The average molecular weight is 1170 g/mol. The molecule has 11 rings (SSSR count). The van der Waals surface area contributed by atoms with Gasteiger partial charge in [0, 0.05) is 49.4 Å². The van der Waals surface area contributed by atoms with E-state index < -0.39 is 54.0 Å². The molecule has 0 aliphatic carbocycles. The number of piperidine rings is 2. The summed E-state index contributed by atoms with van der Waals surface area (Å²) in [6.45, 7) is 6.27. The minimum Gasteiger partial charge on any atom is -0.475 e. The van der Waals surface area contributed by atoms with Gasteiger partial charge in [-0.3, -0.25) is 20.4 Å². The lowest BCUT2D eigenvalue weighted by molar-refractivity contribution is -0.141. The number of aromatic nitrogens is 4. The van der Waals surface area contributed by atoms with Gasteiger partial charge in [0.2, 0.25) is 11.8 Å². The Balaban J connectivity index is 0.000000182. The van der Waals surface area contributed by atoms with Crippen molar-refractivity contribution in [2.45, 2.75) is 82.0 Å². The number of fused-ring (bicyclic) bond motifs is 8. The summed E-state index contributed by atoms with van der Waals surface area (Å²) in [6.07, 6.45) is -7.25. The van der Waals surface area contributed by atoms with Gasteiger partial charge in [-0.05, 0) is 88.1 Å². The van der Waals surface area contributed by atoms with Gasteiger partial charge in [0.15, 0.2) is 17.4 Å². The third-order valence-corrected chi connectivity index (χ3v) is 14.5. The fourth-order valence-corrected chi connectivity index (χ4v) is 10.7. The van der Waals surface area contributed by atoms with Gasteiger partial charge in [-0.2, -0.15) is 36.3 Å². The van der Waals surface area contributed by atoms with E-state index in [0.29, 0.717) is 55.0 Å². The maximum atomic E-state index is 13.8. The van der Waals surface area contributed by atoms with Gasteiger partial charge >= 0.3 is 24.4 Å². The monoisotopic (exact) mass is 1170 g/mol. The standard InChI is InChI=1S/C29H29ClF3N5O4.C26H25ClF3N5O4/c1-28(2)41-16-20(42-28)15-40-24-10-4-9-23(34-24)35-27(39)38-19-8-5-11-37(14-19)22-13-21(30)25(36-26(22)38)17-6-3-7-18(12-17)29(31,32)33;27-19-11-20-24(33-23(19)15-4-1-5-16(10-15)26(28,29)30)35(17-6-3-9-34(20)12-17)25(38)32-21-7-2-8-22(31-21)39-14-18(37)13-36/h3-4,6-7,9-10,12-13,19-20H,5,8,11,14-16H2,1-2H3,(H,34,35,39);1-2,4-5,7-8,10-11,17-18,36-37H,3,6,9,12-14H2,(H,31,32,38)/t19-,20-;17-,18+/m00/s1. The lowest BCUT2D eigenvalue weighted by Gasteiger charge is -2.46. The molecular weight excluding hydrogens is 1110 g/mol. The summed E-state index contributed by atoms with van der Waals surface area (Å²) >= 11 is 13.1. The van der Waals surface area contributed by atoms with Crippen molar-refractivity contribution in [2.24, 2.45) is 0 Å². The minimum atomic E-state index is -4.53. The molecule has 3 fully saturated rings. The average Bonchev–Trinajstić information content (AvgIpc) is 3.96. The van der Waals surface area contributed by atoms with Crippen molar-refractivity contribution in [3.63, 3.8) is 0 Å². The molecule has 5 aliphatic heterocycles. The number of pyridine rings is 4. The number of anilines is 6. The van der Waals surface area contributed by atoms with E-state index in [2.05, 4.69) is 40.4 Å². The number of carbonyl (C=O) groups excluding carboxylic acids is 2. The van der Waals surface area contributed by atoms with Crippen LogP contribution in [-0.2, 0) is 21.8 Å². The van der Waals surface area contributed by atoms with E-state index in [0.717, 1.165) is 56.6 Å². The maximum absolute atomic E-state index is 13.8. The van der Waals surface area contributed by atoms with E-state index in [9.17, 15) is 41.0 Å². The van der Waals surface area contributed by atoms with Crippen molar-refractivity contribution in [3.05, 3.63) is 118 Å². The van der Waals surface area contributed by atoms with E-state index in [-0.39, 0.29) is 81.5 Å². The SMILES string of the molecule is CC1(C)OC[C@H](COc2cccc(NC(=O)N3c4nc(-c5cccc(C(F)(F)F)c5)c(Cl)cc4N4CCC[C@H]3C4)n2)O1.O=C(Nc1cccc(OC[C@H](O)CO)n1)N1c2nc(-c3cccc(C(F)(F)F)c3)c(Cl)cc2N2CCC[C@H]1C2. The molecule has 81 heavy (non-hydrogen) atoms. The van der Waals surface area contributed by atoms with E-state index in [1.807, 2.05) is 13.8 Å². The lowest BCUT2D eigenvalue weighted by atomic mass is 9.99. The summed E-state index contributed by atoms with van der Waals surface area (Å²) in [5.41, 5.74) is 0.306. The van der Waals surface area contributed by atoms with Crippen LogP contribution in [-0.4, -0.2) is 125 Å². The molecule has 4 aromatic heterocycles. The Morgan fingerprint density at radius 3 is 1.62 bits per heavy atom. The molecular formula is C55H54Cl2F6N10O8. The molecule has 0 radical (unpaired) electrons. The third kappa shape index (κ3) is 13.0. The van der Waals surface area contributed by atoms with Crippen LogP contribution in [0.3, 0.4) is 0 Å². The van der Waals surface area contributed by atoms with Gasteiger partial charge in [-0.15, -0.1) is 0 Å². The van der Waals surface area contributed by atoms with E-state index in [4.69, 9.17) is 47.3 Å². The summed E-state index contributed by atoms with van der Waals surface area (Å²) < 4.78 is 103. The molecule has 0 unspecified atom stereocenters. The number of benzene rings is 2. The van der Waals surface area contributed by atoms with Crippen molar-refractivity contribution in [1.82, 2.24) is 19.9 Å². The van der Waals surface area contributed by atoms with Crippen molar-refractivity contribution in [3.8, 4) is 34.3 Å². The number of rotatable bonds is 11. The number of amides is 4. The topological polar surface area (TPSA) is 200 Å². The predicted octanol–water partition coefficient (Wildman–Crippen LogP) is 10.9. The van der Waals surface area contributed by atoms with Crippen LogP contribution in [0.15, 0.2) is 97.1 Å². The summed E-state index contributed by atoms with van der Waals surface area (Å²) in [7, 11) is 0. The molecule has 5 aliphatic rings. The zero-order valence-corrected chi connectivity index (χ0v) is 45.0. The summed E-state index contributed by atoms with van der Waals surface area (Å²) in [6, 6.07) is 21.2. The van der Waals surface area contributed by atoms with Gasteiger partial charge in [-0.25, -0.2) is 19.6 Å². The third-order valence-electron chi connectivity index (χ3n) is 13.9. The van der Waals surface area contributed by atoms with Crippen molar-refractivity contribution in [1.29, 1.82) is 0 Å². The molecule has 18 nitrogen and oxygen atoms in total. The number of aliphatic hydroxyl groups excluding tert-OH is 2. The Bertz CT molecular complexity index is 3310. The van der Waals surface area contributed by atoms with Crippen molar-refractivity contribution >= 4 is 69.9 Å².